The molecule has 0 bridgehead atoms. The first-order valence-corrected chi connectivity index (χ1v) is 8.82. The van der Waals surface area contributed by atoms with Crippen molar-refractivity contribution in [1.29, 1.82) is 0 Å². The van der Waals surface area contributed by atoms with Gasteiger partial charge in [-0.2, -0.15) is 0 Å². The van der Waals surface area contributed by atoms with Crippen LogP contribution in [0.25, 0.3) is 0 Å². The topological polar surface area (TPSA) is 58.6 Å². The van der Waals surface area contributed by atoms with E-state index in [4.69, 9.17) is 4.74 Å². The molecule has 0 unspecified atom stereocenters. The smallest absolute Gasteiger partial charge is 0.262 e. The van der Waals surface area contributed by atoms with Crippen LogP contribution in [0.15, 0.2) is 40.9 Å². The molecule has 0 radical (unpaired) electrons. The molecule has 0 spiro atoms. The molecule has 3 rings (SSSR count). The summed E-state index contributed by atoms with van der Waals surface area (Å²) >= 11 is 3.44. The summed E-state index contributed by atoms with van der Waals surface area (Å²) < 4.78 is 6.71. The maximum absolute atomic E-state index is 12.1. The fraction of sp³-hybridized carbons (Fsp3) is 0.316. The lowest BCUT2D eigenvalue weighted by Crippen LogP contribution is -2.21. The summed E-state index contributed by atoms with van der Waals surface area (Å²) in [5, 5.41) is 12.9. The zero-order valence-corrected chi connectivity index (χ0v) is 15.1. The predicted octanol–water partition coefficient (Wildman–Crippen LogP) is 4.14. The third kappa shape index (κ3) is 3.79. The Morgan fingerprint density at radius 2 is 2.21 bits per heavy atom. The normalized spacial score (nSPS) is 16.4. The Labute approximate surface area is 150 Å². The second kappa shape index (κ2) is 7.36. The third-order valence-corrected chi connectivity index (χ3v) is 5.12. The molecule has 5 heteroatoms. The Bertz CT molecular complexity index is 760. The van der Waals surface area contributed by atoms with Crippen LogP contribution in [0.1, 0.15) is 35.6 Å². The molecule has 1 aliphatic rings. The van der Waals surface area contributed by atoms with Crippen LogP contribution in [0, 0.1) is 6.92 Å². The van der Waals surface area contributed by atoms with Gasteiger partial charge in [-0.25, -0.2) is 0 Å². The highest BCUT2D eigenvalue weighted by atomic mass is 79.9. The number of benzene rings is 2. The third-order valence-electron chi connectivity index (χ3n) is 4.23. The van der Waals surface area contributed by atoms with Gasteiger partial charge in [0.1, 0.15) is 5.75 Å². The summed E-state index contributed by atoms with van der Waals surface area (Å²) in [6, 6.07) is 11.3. The Morgan fingerprint density at radius 3 is 3.00 bits per heavy atom. The van der Waals surface area contributed by atoms with Gasteiger partial charge in [-0.15, -0.1) is 0 Å². The molecule has 2 N–H and O–H groups in total. The van der Waals surface area contributed by atoms with Crippen LogP contribution in [-0.4, -0.2) is 17.6 Å². The van der Waals surface area contributed by atoms with Crippen LogP contribution < -0.4 is 10.1 Å². The first-order valence-electron chi connectivity index (χ1n) is 8.03. The SMILES string of the molecule is Cc1cc(NC(=O)COc2cccc3c2CCC[C@H]3O)ccc1Br. The van der Waals surface area contributed by atoms with E-state index in [1.165, 1.54) is 0 Å². The van der Waals surface area contributed by atoms with Crippen molar-refractivity contribution in [3.63, 3.8) is 0 Å². The van der Waals surface area contributed by atoms with Crippen LogP contribution in [0.5, 0.6) is 5.75 Å². The molecule has 24 heavy (non-hydrogen) atoms. The molecule has 0 fully saturated rings. The van der Waals surface area contributed by atoms with Gasteiger partial charge in [-0.05, 0) is 67.1 Å². The highest BCUT2D eigenvalue weighted by Gasteiger charge is 2.21. The predicted molar refractivity (Wildman–Crippen MR) is 97.3 cm³/mol. The van der Waals surface area contributed by atoms with Gasteiger partial charge in [0, 0.05) is 10.2 Å². The van der Waals surface area contributed by atoms with Crippen LogP contribution in [-0.2, 0) is 11.2 Å². The largest absolute Gasteiger partial charge is 0.483 e. The number of fused-ring (bicyclic) bond motifs is 1. The van der Waals surface area contributed by atoms with E-state index in [0.29, 0.717) is 5.75 Å². The van der Waals surface area contributed by atoms with E-state index in [1.54, 1.807) is 0 Å². The number of hydrogen-bond acceptors (Lipinski definition) is 3. The molecule has 0 aromatic heterocycles. The minimum Gasteiger partial charge on any atom is -0.483 e. The highest BCUT2D eigenvalue weighted by Crippen LogP contribution is 2.35. The van der Waals surface area contributed by atoms with Crippen molar-refractivity contribution < 1.29 is 14.6 Å². The number of amides is 1. The molecule has 1 atom stereocenters. The Balaban J connectivity index is 1.64. The molecule has 126 valence electrons. The summed E-state index contributed by atoms with van der Waals surface area (Å²) in [6.07, 6.45) is 2.14. The fourth-order valence-electron chi connectivity index (χ4n) is 2.99. The van der Waals surface area contributed by atoms with E-state index in [1.807, 2.05) is 43.3 Å². The van der Waals surface area contributed by atoms with Crippen LogP contribution in [0.2, 0.25) is 0 Å². The number of aliphatic hydroxyl groups excluding tert-OH is 1. The number of aryl methyl sites for hydroxylation is 1. The number of rotatable bonds is 4. The van der Waals surface area contributed by atoms with E-state index in [9.17, 15) is 9.90 Å². The molecule has 1 aliphatic carbocycles. The number of halogens is 1. The number of nitrogens with one attached hydrogen (secondary N) is 1. The summed E-state index contributed by atoms with van der Waals surface area (Å²) in [5.41, 5.74) is 3.74. The number of carbonyl (C=O) groups is 1. The fourth-order valence-corrected chi connectivity index (χ4v) is 3.23. The van der Waals surface area contributed by atoms with Crippen LogP contribution in [0.4, 0.5) is 5.69 Å². The summed E-state index contributed by atoms with van der Waals surface area (Å²) in [5.74, 6) is 0.485. The number of carbonyl (C=O) groups excluding carboxylic acids is 1. The van der Waals surface area contributed by atoms with E-state index < -0.39 is 6.10 Å². The lowest BCUT2D eigenvalue weighted by Gasteiger charge is -2.23. The average molecular weight is 390 g/mol. The van der Waals surface area contributed by atoms with Gasteiger partial charge in [0.05, 0.1) is 6.10 Å². The zero-order chi connectivity index (χ0) is 17.1. The molecule has 2 aromatic rings. The number of aliphatic hydroxyl groups is 1. The monoisotopic (exact) mass is 389 g/mol. The molecule has 0 saturated carbocycles. The van der Waals surface area contributed by atoms with Gasteiger partial charge in [-0.3, -0.25) is 4.79 Å². The highest BCUT2D eigenvalue weighted by molar-refractivity contribution is 9.10. The molecule has 0 saturated heterocycles. The van der Waals surface area contributed by atoms with Gasteiger partial charge in [0.25, 0.3) is 5.91 Å². The van der Waals surface area contributed by atoms with Gasteiger partial charge in [-0.1, -0.05) is 28.1 Å². The lowest BCUT2D eigenvalue weighted by atomic mass is 9.89. The summed E-state index contributed by atoms with van der Waals surface area (Å²) in [4.78, 5) is 12.1. The zero-order valence-electron chi connectivity index (χ0n) is 13.5. The van der Waals surface area contributed by atoms with Crippen molar-refractivity contribution in [3.8, 4) is 5.75 Å². The van der Waals surface area contributed by atoms with Crippen LogP contribution >= 0.6 is 15.9 Å². The standard InChI is InChI=1S/C19H20BrNO3/c1-12-10-13(8-9-16(12)20)21-19(23)11-24-18-7-3-4-14-15(18)5-2-6-17(14)22/h3-4,7-10,17,22H,2,5-6,11H2,1H3,(H,21,23)/t17-/m1/s1. The van der Waals surface area contributed by atoms with Gasteiger partial charge in [0.2, 0.25) is 0 Å². The Morgan fingerprint density at radius 1 is 1.38 bits per heavy atom. The first-order chi connectivity index (χ1) is 11.5. The van der Waals surface area contributed by atoms with Crippen molar-refractivity contribution in [1.82, 2.24) is 0 Å². The molecule has 0 heterocycles. The Kier molecular flexibility index (Phi) is 5.21. The minimum absolute atomic E-state index is 0.0539. The molecular weight excluding hydrogens is 370 g/mol. The molecule has 4 nitrogen and oxygen atoms in total. The quantitative estimate of drug-likeness (QED) is 0.825. The second-order valence-corrected chi connectivity index (χ2v) is 6.89. The van der Waals surface area contributed by atoms with E-state index in [-0.39, 0.29) is 12.5 Å². The molecule has 2 aromatic carbocycles. The van der Waals surface area contributed by atoms with E-state index in [0.717, 1.165) is 46.1 Å². The van der Waals surface area contributed by atoms with Crippen LogP contribution in [0.3, 0.4) is 0 Å². The van der Waals surface area contributed by atoms with Gasteiger partial charge < -0.3 is 15.2 Å². The molecule has 1 amide bonds. The maximum Gasteiger partial charge on any atom is 0.262 e. The summed E-state index contributed by atoms with van der Waals surface area (Å²) in [6.45, 7) is 1.92. The lowest BCUT2D eigenvalue weighted by molar-refractivity contribution is -0.118. The number of hydrogen-bond donors (Lipinski definition) is 2. The summed E-state index contributed by atoms with van der Waals surface area (Å²) in [7, 11) is 0. The van der Waals surface area contributed by atoms with Gasteiger partial charge in [0.15, 0.2) is 6.61 Å². The number of anilines is 1. The van der Waals surface area contributed by atoms with Crippen molar-refractivity contribution >= 4 is 27.5 Å². The van der Waals surface area contributed by atoms with Crippen molar-refractivity contribution in [3.05, 3.63) is 57.6 Å². The number of ether oxygens (including phenoxy) is 1. The average Bonchev–Trinajstić information content (AvgIpc) is 2.57. The first kappa shape index (κ1) is 17.0. The van der Waals surface area contributed by atoms with Crippen molar-refractivity contribution in [2.45, 2.75) is 32.3 Å². The van der Waals surface area contributed by atoms with Gasteiger partial charge >= 0.3 is 0 Å². The maximum atomic E-state index is 12.1. The second-order valence-electron chi connectivity index (χ2n) is 6.03. The Hall–Kier alpha value is -1.85. The van der Waals surface area contributed by atoms with Crippen molar-refractivity contribution in [2.75, 3.05) is 11.9 Å². The molecule has 0 aliphatic heterocycles. The molecular formula is C19H20BrNO3. The van der Waals surface area contributed by atoms with Crippen molar-refractivity contribution in [2.24, 2.45) is 0 Å². The van der Waals surface area contributed by atoms with E-state index in [2.05, 4.69) is 21.2 Å². The minimum atomic E-state index is -0.433. The van der Waals surface area contributed by atoms with E-state index >= 15 is 0 Å².